The SMILES string of the molecule is Cc1c(N)nc([C@H](CC(N)=O)NC[C@H](N)C(N)=O)nc1C(=O)N[C@H](C(=O)N[C@H](C)[C@@H](O)[C@H](C)C(=O)N[C@H](C(=O)NCCC1=NC(C2=NC(C(=O)NCC[B]C(C)C)=C[B]2)=C[B]1)[C@@H](C)O)[C@@H](OC1OC(CO)C(O)C(O)C1OC1OC(CO)C(O)C(OC(N)=O)C1O)c1cnc[nH]1. The Morgan fingerprint density at radius 3 is 2.09 bits per heavy atom. The van der Waals surface area contributed by atoms with Crippen LogP contribution in [0.1, 0.15) is 87.2 Å². The monoisotopic (exact) mass is 1350 g/mol. The summed E-state index contributed by atoms with van der Waals surface area (Å²) in [5, 5.41) is 104. The number of aliphatic hydroxyl groups is 8. The largest absolute Gasteiger partial charge is 0.441 e. The molecule has 0 aromatic carbocycles. The van der Waals surface area contributed by atoms with Gasteiger partial charge in [0.1, 0.15) is 91.2 Å². The van der Waals surface area contributed by atoms with E-state index in [9.17, 15) is 74.4 Å². The van der Waals surface area contributed by atoms with E-state index in [0.29, 0.717) is 35.6 Å². The molecule has 0 spiro atoms. The summed E-state index contributed by atoms with van der Waals surface area (Å²) in [5.41, 5.74) is 29.0. The number of anilines is 1. The Morgan fingerprint density at radius 1 is 0.781 bits per heavy atom. The maximum Gasteiger partial charge on any atom is 0.404 e. The van der Waals surface area contributed by atoms with Gasteiger partial charge in [0, 0.05) is 37.2 Å². The predicted molar refractivity (Wildman–Crippen MR) is 337 cm³/mol. The number of hydrogen-bond acceptors (Lipinski definition) is 29. The second-order valence-electron chi connectivity index (χ2n) is 23.4. The number of ether oxygens (including phenoxy) is 5. The zero-order chi connectivity index (χ0) is 71.0. The van der Waals surface area contributed by atoms with Crippen molar-refractivity contribution in [2.24, 2.45) is 38.8 Å². The number of carbonyl (C=O) groups is 8. The van der Waals surface area contributed by atoms with E-state index in [0.717, 1.165) is 12.5 Å². The summed E-state index contributed by atoms with van der Waals surface area (Å²) >= 11 is 0. The molecule has 523 valence electrons. The van der Waals surface area contributed by atoms with Gasteiger partial charge in [0.05, 0.1) is 73.4 Å². The standard InChI is InChI=1S/C55H83B3N17O21/c1-19(2)56-8-10-66-49(87)27-13-58-44(71-27)26-12-57-31(70-26)7-9-65-50(88)34(23(6)78)73-48(86)21(4)36(80)22(5)69-52(90)35(74-51(89)33-20(3)45(61)75-47(72-33)25(11-32(60)79)67-14-24(59)46(62)85)41(28-15-64-18-68-28)94-54-43(39(83)37(81)29(16-76)93-54)95-53-40(84)42(96-55(63)91)38(82)30(17-77)92-53/h12-13,15,18-19,21-25,29-30,34-43,53-54,67,76-78,80-84H,7-11,14,16-17,59H2,1-6H3,(H2,60,79)(H2,62,85)(H2,63,91)(H,64,68)(H,65,88)(H,66,87)(H,69,90)(H,73,86)(H,74,89)(H2,61,72,75)/t21-,22+,23+,24-,25-,29?,30?,34-,35-,36-,37?,38?,39?,40?,41-,42?,43?,53?,54?/m0/s1. The first-order chi connectivity index (χ1) is 45.3. The Morgan fingerprint density at radius 2 is 1.47 bits per heavy atom. The quantitative estimate of drug-likeness (QED) is 0.0225. The van der Waals surface area contributed by atoms with Gasteiger partial charge in [-0.1, -0.05) is 44.9 Å². The van der Waals surface area contributed by atoms with Crippen molar-refractivity contribution in [3.8, 4) is 0 Å². The van der Waals surface area contributed by atoms with Gasteiger partial charge in [-0.15, -0.1) is 0 Å². The first kappa shape index (κ1) is 77.1. The molecule has 10 unspecified atom stereocenters. The summed E-state index contributed by atoms with van der Waals surface area (Å²) in [4.78, 5) is 131. The molecule has 2 fully saturated rings. The van der Waals surface area contributed by atoms with Gasteiger partial charge in [0.2, 0.25) is 44.1 Å². The molecule has 6 heterocycles. The second kappa shape index (κ2) is 35.4. The average molecular weight is 1350 g/mol. The van der Waals surface area contributed by atoms with Gasteiger partial charge in [-0.2, -0.15) is 0 Å². The van der Waals surface area contributed by atoms with Gasteiger partial charge in [-0.25, -0.2) is 19.7 Å². The fraction of sp³-hybridized carbons (Fsp3) is 0.618. The van der Waals surface area contributed by atoms with Crippen molar-refractivity contribution in [2.75, 3.05) is 38.6 Å². The molecule has 0 aliphatic carbocycles. The maximum absolute atomic E-state index is 15.2. The number of nitrogens with two attached hydrogens (primary N) is 5. The highest BCUT2D eigenvalue weighted by atomic mass is 16.8. The third-order valence-corrected chi connectivity index (χ3v) is 15.7. The van der Waals surface area contributed by atoms with E-state index in [2.05, 4.69) is 69.1 Å². The molecule has 4 aliphatic heterocycles. The predicted octanol–water partition coefficient (Wildman–Crippen LogP) is -9.15. The number of H-pyrrole nitrogens is 1. The van der Waals surface area contributed by atoms with E-state index in [1.54, 1.807) is 26.5 Å². The number of nitrogens with zero attached hydrogens (tertiary/aromatic N) is 5. The number of amides is 8. The molecule has 0 saturated carbocycles. The number of allylic oxidation sites excluding steroid dienone is 1. The summed E-state index contributed by atoms with van der Waals surface area (Å²) in [5.74, 6) is -5.10. The fourth-order valence-electron chi connectivity index (χ4n) is 10.2. The number of rotatable bonds is 35. The average Bonchev–Trinajstić information content (AvgIpc) is 0.885. The van der Waals surface area contributed by atoms with Gasteiger partial charge in [-0.05, 0) is 32.8 Å². The molecule has 6 rings (SSSR count). The number of hydrogen-bond donors (Lipinski definition) is 20. The third-order valence-electron chi connectivity index (χ3n) is 15.7. The van der Waals surface area contributed by atoms with Crippen molar-refractivity contribution in [1.82, 2.24) is 51.8 Å². The first-order valence-electron chi connectivity index (χ1n) is 30.5. The summed E-state index contributed by atoms with van der Waals surface area (Å²) in [6.07, 6.45) is -24.4. The van der Waals surface area contributed by atoms with Crippen LogP contribution in [0, 0.1) is 12.8 Å². The van der Waals surface area contributed by atoms with Crippen molar-refractivity contribution < 1.29 is 103 Å². The highest BCUT2D eigenvalue weighted by Crippen LogP contribution is 2.35. The molecule has 25 N–H and O–H groups in total. The van der Waals surface area contributed by atoms with E-state index < -0.39 is 183 Å². The van der Waals surface area contributed by atoms with Gasteiger partial charge in [0.15, 0.2) is 18.7 Å². The Balaban J connectivity index is 1.25. The third kappa shape index (κ3) is 20.3. The van der Waals surface area contributed by atoms with E-state index >= 15 is 4.79 Å². The molecular weight excluding hydrogens is 1270 g/mol. The summed E-state index contributed by atoms with van der Waals surface area (Å²) in [6, 6.07) is -7.86. The molecule has 2 aromatic rings. The lowest BCUT2D eigenvalue weighted by atomic mass is 9.64. The van der Waals surface area contributed by atoms with Gasteiger partial charge in [0.25, 0.3) is 11.8 Å². The van der Waals surface area contributed by atoms with E-state index in [4.69, 9.17) is 52.4 Å². The summed E-state index contributed by atoms with van der Waals surface area (Å²) in [6.45, 7) is 7.16. The van der Waals surface area contributed by atoms with Gasteiger partial charge < -0.3 is 130 Å². The molecule has 38 nitrogen and oxygen atoms in total. The highest BCUT2D eigenvalue weighted by Gasteiger charge is 2.54. The molecule has 2 saturated heterocycles. The Hall–Kier alpha value is -7.90. The zero-order valence-electron chi connectivity index (χ0n) is 53.3. The van der Waals surface area contributed by atoms with Crippen LogP contribution in [0.15, 0.2) is 45.9 Å². The topological polar surface area (TPSA) is 626 Å². The van der Waals surface area contributed by atoms with Crippen LogP contribution in [-0.2, 0) is 52.5 Å². The minimum atomic E-state index is -2.20. The van der Waals surface area contributed by atoms with Gasteiger partial charge in [-0.3, -0.25) is 43.5 Å². The number of primary amides is 3. The van der Waals surface area contributed by atoms with E-state index in [1.807, 2.05) is 13.8 Å². The molecule has 8 amide bonds. The molecule has 96 heavy (non-hydrogen) atoms. The minimum Gasteiger partial charge on any atom is -0.441 e. The Bertz CT molecular complexity index is 3210. The van der Waals surface area contributed by atoms with Crippen molar-refractivity contribution in [3.63, 3.8) is 0 Å². The van der Waals surface area contributed by atoms with Crippen LogP contribution in [0.3, 0.4) is 0 Å². The number of nitrogen functional groups attached to an aromatic ring is 1. The number of aromatic amines is 1. The first-order valence-corrected chi connectivity index (χ1v) is 30.5. The normalized spacial score (nSPS) is 25.2. The lowest BCUT2D eigenvalue weighted by molar-refractivity contribution is -0.372. The molecule has 4 aliphatic rings. The Labute approximate surface area is 551 Å². The second-order valence-corrected chi connectivity index (χ2v) is 23.4. The lowest BCUT2D eigenvalue weighted by Gasteiger charge is -2.47. The Kier molecular flexibility index (Phi) is 28.4. The molecular formula is C55H83B3N17O21. The molecule has 2 aromatic heterocycles. The maximum atomic E-state index is 15.2. The van der Waals surface area contributed by atoms with Crippen molar-refractivity contribution in [1.29, 1.82) is 0 Å². The van der Waals surface area contributed by atoms with Crippen LogP contribution in [0.25, 0.3) is 0 Å². The van der Waals surface area contributed by atoms with Crippen molar-refractivity contribution in [2.45, 2.75) is 176 Å². The van der Waals surface area contributed by atoms with Crippen molar-refractivity contribution >= 4 is 86.3 Å². The van der Waals surface area contributed by atoms with Crippen LogP contribution in [0.2, 0.25) is 12.1 Å². The summed E-state index contributed by atoms with van der Waals surface area (Å²) < 4.78 is 28.7. The number of aliphatic hydroxyl groups excluding tert-OH is 8. The van der Waals surface area contributed by atoms with Crippen LogP contribution in [0.5, 0.6) is 0 Å². The lowest BCUT2D eigenvalue weighted by Crippen LogP contribution is -2.65. The van der Waals surface area contributed by atoms with Crippen LogP contribution in [0.4, 0.5) is 10.6 Å². The molecule has 19 atom stereocenters. The number of nitrogens with one attached hydrogen (secondary N) is 7. The van der Waals surface area contributed by atoms with Gasteiger partial charge >= 0.3 is 6.09 Å². The zero-order valence-corrected chi connectivity index (χ0v) is 53.3. The van der Waals surface area contributed by atoms with Crippen molar-refractivity contribution in [3.05, 3.63) is 58.6 Å². The highest BCUT2D eigenvalue weighted by molar-refractivity contribution is 6.87. The minimum absolute atomic E-state index is 0.0223. The van der Waals surface area contributed by atoms with E-state index in [1.165, 1.54) is 27.7 Å². The number of imidazole rings is 1. The number of aromatic nitrogens is 4. The number of carbonyl (C=O) groups excluding carboxylic acids is 8. The molecule has 41 heteroatoms. The van der Waals surface area contributed by atoms with Crippen LogP contribution < -0.4 is 60.6 Å². The smallest absolute Gasteiger partial charge is 0.404 e. The van der Waals surface area contributed by atoms with E-state index in [-0.39, 0.29) is 54.0 Å². The molecule has 0 bridgehead atoms. The number of aliphatic imine (C=N–C) groups is 2. The fourth-order valence-corrected chi connectivity index (χ4v) is 10.2. The molecule has 3 radical (unpaired) electrons. The summed E-state index contributed by atoms with van der Waals surface area (Å²) in [7, 11) is 5.43. The van der Waals surface area contributed by atoms with Crippen LogP contribution in [-0.4, -0.2) is 272 Å². The van der Waals surface area contributed by atoms with Crippen LogP contribution >= 0.6 is 0 Å².